The number of carbonyl (C=O) groups excluding carboxylic acids is 1. The fourth-order valence-corrected chi connectivity index (χ4v) is 8.83. The van der Waals surface area contributed by atoms with Crippen molar-refractivity contribution in [2.75, 3.05) is 54.8 Å². The Hall–Kier alpha value is -4.19. The molecule has 8 rings (SSSR count). The Labute approximate surface area is 282 Å². The van der Waals surface area contributed by atoms with Gasteiger partial charge in [0.25, 0.3) is 0 Å². The van der Waals surface area contributed by atoms with E-state index in [1.54, 1.807) is 12.1 Å². The van der Waals surface area contributed by atoms with Crippen molar-refractivity contribution in [3.8, 4) is 17.0 Å². The maximum atomic E-state index is 12.4. The summed E-state index contributed by atoms with van der Waals surface area (Å²) in [5, 5.41) is 18.9. The summed E-state index contributed by atoms with van der Waals surface area (Å²) in [6, 6.07) is 10.3. The van der Waals surface area contributed by atoms with Crippen molar-refractivity contribution in [1.82, 2.24) is 30.0 Å². The number of ether oxygens (including phenoxy) is 1. The van der Waals surface area contributed by atoms with Crippen LogP contribution < -0.4 is 15.5 Å². The van der Waals surface area contributed by atoms with Gasteiger partial charge in [0.05, 0.1) is 11.4 Å². The highest BCUT2D eigenvalue weighted by molar-refractivity contribution is 5.74. The second-order valence-corrected chi connectivity index (χ2v) is 15.8. The third-order valence-electron chi connectivity index (χ3n) is 11.2. The van der Waals surface area contributed by atoms with Gasteiger partial charge < -0.3 is 30.3 Å². The first kappa shape index (κ1) is 31.1. The van der Waals surface area contributed by atoms with Crippen molar-refractivity contribution in [3.63, 3.8) is 0 Å². The van der Waals surface area contributed by atoms with Gasteiger partial charge in [-0.25, -0.2) is 14.8 Å². The maximum Gasteiger partial charge on any atom is 0.410 e. The summed E-state index contributed by atoms with van der Waals surface area (Å²) in [7, 11) is 0. The number of likely N-dealkylation sites (tertiary alicyclic amines) is 2. The molecule has 2 unspecified atom stereocenters. The molecule has 254 valence electrons. The molecular weight excluding hydrogens is 606 g/mol. The van der Waals surface area contributed by atoms with E-state index in [1.165, 1.54) is 18.4 Å². The lowest BCUT2D eigenvalue weighted by atomic mass is 9.70. The summed E-state index contributed by atoms with van der Waals surface area (Å²) in [6.07, 6.45) is 10.8. The van der Waals surface area contributed by atoms with Crippen LogP contribution in [0, 0.1) is 5.41 Å². The minimum atomic E-state index is -0.444. The average Bonchev–Trinajstić information content (AvgIpc) is 3.28. The number of amides is 1. The highest BCUT2D eigenvalue weighted by Gasteiger charge is 2.55. The number of aromatic nitrogens is 4. The van der Waals surface area contributed by atoms with Crippen molar-refractivity contribution in [1.29, 1.82) is 0 Å². The molecule has 3 N–H and O–H groups in total. The molecule has 1 aromatic carbocycles. The van der Waals surface area contributed by atoms with Crippen molar-refractivity contribution in [3.05, 3.63) is 48.3 Å². The monoisotopic (exact) mass is 653 g/mol. The number of piperazine rings is 1. The largest absolute Gasteiger partial charge is 0.507 e. The molecule has 5 aliphatic rings. The highest BCUT2D eigenvalue weighted by atomic mass is 16.6. The molecule has 12 heteroatoms. The lowest BCUT2D eigenvalue weighted by molar-refractivity contribution is -0.130. The minimum absolute atomic E-state index is 0.175. The number of carbonyl (C=O) groups is 1. The predicted molar refractivity (Wildman–Crippen MR) is 184 cm³/mol. The van der Waals surface area contributed by atoms with Gasteiger partial charge in [-0.05, 0) is 89.0 Å². The van der Waals surface area contributed by atoms with Gasteiger partial charge >= 0.3 is 6.09 Å². The number of hydrogen-bond acceptors (Lipinski definition) is 11. The summed E-state index contributed by atoms with van der Waals surface area (Å²) >= 11 is 0. The number of para-hydroxylation sites is 1. The van der Waals surface area contributed by atoms with Crippen molar-refractivity contribution >= 4 is 23.5 Å². The van der Waals surface area contributed by atoms with E-state index in [9.17, 15) is 9.90 Å². The van der Waals surface area contributed by atoms with Gasteiger partial charge in [-0.15, -0.1) is 10.2 Å². The molecule has 3 aromatic rings. The molecule has 2 bridgehead atoms. The van der Waals surface area contributed by atoms with Crippen LogP contribution in [0.15, 0.2) is 42.7 Å². The lowest BCUT2D eigenvalue weighted by Crippen LogP contribution is -2.74. The Morgan fingerprint density at radius 2 is 1.56 bits per heavy atom. The molecule has 1 amide bonds. The quantitative estimate of drug-likeness (QED) is 0.398. The number of hydrogen-bond donors (Lipinski definition) is 2. The number of aromatic hydroxyl groups is 1. The van der Waals surface area contributed by atoms with Gasteiger partial charge in [0.2, 0.25) is 5.95 Å². The molecule has 2 atom stereocenters. The third-order valence-corrected chi connectivity index (χ3v) is 11.2. The molecule has 1 aliphatic carbocycles. The molecule has 4 aliphatic heterocycles. The standard InChI is InChI=1S/C36H47N9O3/c1-35(2,3)48-34(47)44-21-36(22-44)19-43(20-36)25-10-8-23(9-11-25)24-15-38-33(39-16-24)45-26-12-13-27(45)18-42(17-26)30-14-29(40-41-32(30)37)28-6-4-5-7-31(28)46/h4-7,14-16,23,25-27,46H,8-13,17-22H2,1-3H3,(H2,37,41). The predicted octanol–water partition coefficient (Wildman–Crippen LogP) is 4.66. The van der Waals surface area contributed by atoms with E-state index in [1.807, 2.05) is 43.9 Å². The lowest BCUT2D eigenvalue weighted by Gasteiger charge is -2.62. The first-order valence-electron chi connectivity index (χ1n) is 17.5. The zero-order valence-corrected chi connectivity index (χ0v) is 28.3. The van der Waals surface area contributed by atoms with Gasteiger partial charge in [-0.3, -0.25) is 4.90 Å². The Morgan fingerprint density at radius 1 is 0.917 bits per heavy atom. The second-order valence-electron chi connectivity index (χ2n) is 15.8. The van der Waals surface area contributed by atoms with Gasteiger partial charge in [0, 0.05) is 80.8 Å². The first-order chi connectivity index (χ1) is 23.0. The molecule has 0 radical (unpaired) electrons. The van der Waals surface area contributed by atoms with Crippen LogP contribution in [-0.4, -0.2) is 104 Å². The fraction of sp³-hybridized carbons (Fsp3) is 0.583. The number of benzene rings is 1. The van der Waals surface area contributed by atoms with Crippen LogP contribution in [0.2, 0.25) is 0 Å². The Bertz CT molecular complexity index is 1640. The number of rotatable bonds is 5. The fourth-order valence-electron chi connectivity index (χ4n) is 8.83. The normalized spacial score (nSPS) is 26.7. The van der Waals surface area contributed by atoms with Crippen LogP contribution in [0.25, 0.3) is 11.3 Å². The van der Waals surface area contributed by atoms with Crippen LogP contribution in [0.4, 0.5) is 22.2 Å². The van der Waals surface area contributed by atoms with E-state index in [-0.39, 0.29) is 29.3 Å². The number of phenolic OH excluding ortho intramolecular Hbond substituents is 1. The van der Waals surface area contributed by atoms with Crippen LogP contribution in [0.5, 0.6) is 5.75 Å². The second kappa shape index (κ2) is 11.7. The zero-order chi connectivity index (χ0) is 33.2. The smallest absolute Gasteiger partial charge is 0.410 e. The molecule has 4 saturated heterocycles. The summed E-state index contributed by atoms with van der Waals surface area (Å²) in [5.41, 5.74) is 9.53. The number of anilines is 3. The van der Waals surface area contributed by atoms with E-state index in [4.69, 9.17) is 20.4 Å². The van der Waals surface area contributed by atoms with E-state index in [0.717, 1.165) is 76.6 Å². The SMILES string of the molecule is CC(C)(C)OC(=O)N1CC2(C1)CN(C1CCC(c3cnc(N4C5CCC4CN(c4cc(-c6ccccc6O)nnc4N)C5)nc3)CC1)C2. The molecule has 1 spiro atoms. The van der Waals surface area contributed by atoms with Gasteiger partial charge in [-0.1, -0.05) is 12.1 Å². The summed E-state index contributed by atoms with van der Waals surface area (Å²) in [6.45, 7) is 11.2. The van der Waals surface area contributed by atoms with Crippen LogP contribution >= 0.6 is 0 Å². The molecular formula is C36H47N9O3. The van der Waals surface area contributed by atoms with Gasteiger partial charge in [0.15, 0.2) is 5.82 Å². The van der Waals surface area contributed by atoms with Gasteiger partial charge in [-0.2, -0.15) is 0 Å². The first-order valence-corrected chi connectivity index (χ1v) is 17.5. The van der Waals surface area contributed by atoms with Crippen molar-refractivity contribution in [2.24, 2.45) is 5.41 Å². The molecule has 6 heterocycles. The Balaban J connectivity index is 0.843. The number of nitrogens with two attached hydrogens (primary N) is 1. The maximum absolute atomic E-state index is 12.4. The highest BCUT2D eigenvalue weighted by Crippen LogP contribution is 2.45. The van der Waals surface area contributed by atoms with Crippen LogP contribution in [-0.2, 0) is 4.74 Å². The number of phenols is 1. The minimum Gasteiger partial charge on any atom is -0.507 e. The number of nitrogen functional groups attached to an aromatic ring is 1. The third kappa shape index (κ3) is 5.77. The molecule has 1 saturated carbocycles. The van der Waals surface area contributed by atoms with E-state index in [2.05, 4.69) is 37.3 Å². The van der Waals surface area contributed by atoms with Crippen molar-refractivity contribution < 1.29 is 14.6 Å². The van der Waals surface area contributed by atoms with E-state index in [0.29, 0.717) is 29.0 Å². The number of fused-ring (bicyclic) bond motifs is 2. The summed E-state index contributed by atoms with van der Waals surface area (Å²) in [4.78, 5) is 31.4. The summed E-state index contributed by atoms with van der Waals surface area (Å²) < 4.78 is 5.54. The van der Waals surface area contributed by atoms with Gasteiger partial charge in [0.1, 0.15) is 11.4 Å². The van der Waals surface area contributed by atoms with E-state index >= 15 is 0 Å². The molecule has 5 fully saturated rings. The van der Waals surface area contributed by atoms with Crippen molar-refractivity contribution in [2.45, 2.75) is 88.9 Å². The number of nitrogens with zero attached hydrogens (tertiary/aromatic N) is 8. The molecule has 48 heavy (non-hydrogen) atoms. The van der Waals surface area contributed by atoms with E-state index < -0.39 is 5.60 Å². The Morgan fingerprint density at radius 3 is 2.21 bits per heavy atom. The molecule has 2 aromatic heterocycles. The molecule has 12 nitrogen and oxygen atoms in total. The topological polar surface area (TPSA) is 137 Å². The van der Waals surface area contributed by atoms with Crippen LogP contribution in [0.3, 0.4) is 0 Å². The Kier molecular flexibility index (Phi) is 7.61. The summed E-state index contributed by atoms with van der Waals surface area (Å²) in [5.74, 6) is 1.90. The zero-order valence-electron chi connectivity index (χ0n) is 28.3. The van der Waals surface area contributed by atoms with Crippen LogP contribution in [0.1, 0.15) is 70.8 Å². The average molecular weight is 654 g/mol.